The molecular weight excluding hydrogens is 286 g/mol. The van der Waals surface area contributed by atoms with Gasteiger partial charge in [-0.2, -0.15) is 11.8 Å². The van der Waals surface area contributed by atoms with Gasteiger partial charge in [-0.05, 0) is 57.8 Å². The molecule has 1 aromatic heterocycles. The second kappa shape index (κ2) is 6.00. The molecule has 0 aromatic carbocycles. The van der Waals surface area contributed by atoms with E-state index < -0.39 is 0 Å². The lowest BCUT2D eigenvalue weighted by atomic mass is 9.94. The van der Waals surface area contributed by atoms with Crippen molar-refractivity contribution in [3.8, 4) is 0 Å². The smallest absolute Gasteiger partial charge is 0.0410 e. The van der Waals surface area contributed by atoms with Gasteiger partial charge in [0.1, 0.15) is 0 Å². The molecule has 0 bridgehead atoms. The third-order valence-electron chi connectivity index (χ3n) is 2.97. The molecule has 1 aliphatic heterocycles. The number of aromatic nitrogens is 1. The summed E-state index contributed by atoms with van der Waals surface area (Å²) in [4.78, 5) is 4.18. The van der Waals surface area contributed by atoms with Crippen LogP contribution in [0.1, 0.15) is 12.0 Å². The van der Waals surface area contributed by atoms with Gasteiger partial charge in [0, 0.05) is 22.9 Å². The fourth-order valence-electron chi connectivity index (χ4n) is 2.05. The average molecular weight is 302 g/mol. The molecule has 2 unspecified atom stereocenters. The quantitative estimate of drug-likeness (QED) is 0.659. The Bertz CT molecular complexity index is 342. The monoisotopic (exact) mass is 301 g/mol. The Hall–Kier alpha value is -0.100. The van der Waals surface area contributed by atoms with E-state index in [0.29, 0.717) is 12.0 Å². The minimum absolute atomic E-state index is 0.367. The van der Waals surface area contributed by atoms with E-state index in [9.17, 15) is 0 Å². The SMILES string of the molecule is NNC(Cc1cncc(Br)c1)C1CCSC1. The largest absolute Gasteiger partial charge is 0.271 e. The summed E-state index contributed by atoms with van der Waals surface area (Å²) < 4.78 is 1.03. The highest BCUT2D eigenvalue weighted by molar-refractivity contribution is 9.10. The Morgan fingerprint density at radius 2 is 2.50 bits per heavy atom. The van der Waals surface area contributed by atoms with Crippen molar-refractivity contribution in [3.05, 3.63) is 28.5 Å². The maximum Gasteiger partial charge on any atom is 0.0410 e. The van der Waals surface area contributed by atoms with Gasteiger partial charge in [0.15, 0.2) is 0 Å². The standard InChI is InChI=1S/C11H16BrN3S/c12-10-3-8(5-14-6-10)4-11(15-13)9-1-2-16-7-9/h3,5-6,9,11,15H,1-2,4,7,13H2. The van der Waals surface area contributed by atoms with E-state index in [2.05, 4.69) is 32.4 Å². The van der Waals surface area contributed by atoms with Crippen molar-refractivity contribution in [2.24, 2.45) is 11.8 Å². The molecule has 3 N–H and O–H groups in total. The second-order valence-electron chi connectivity index (χ2n) is 4.11. The third kappa shape index (κ3) is 3.20. The molecule has 1 saturated heterocycles. The summed E-state index contributed by atoms with van der Waals surface area (Å²) in [6, 6.07) is 2.48. The van der Waals surface area contributed by atoms with Gasteiger partial charge in [0.2, 0.25) is 0 Å². The van der Waals surface area contributed by atoms with Crippen molar-refractivity contribution in [3.63, 3.8) is 0 Å². The maximum atomic E-state index is 5.65. The molecular formula is C11H16BrN3S. The molecule has 0 aliphatic carbocycles. The molecule has 0 saturated carbocycles. The van der Waals surface area contributed by atoms with Crippen molar-refractivity contribution >= 4 is 27.7 Å². The first kappa shape index (κ1) is 12.4. The minimum atomic E-state index is 0.367. The van der Waals surface area contributed by atoms with Crippen LogP contribution in [0, 0.1) is 5.92 Å². The molecule has 5 heteroatoms. The number of nitrogens with one attached hydrogen (secondary N) is 1. The number of nitrogens with two attached hydrogens (primary N) is 1. The number of rotatable bonds is 4. The minimum Gasteiger partial charge on any atom is -0.271 e. The van der Waals surface area contributed by atoms with Crippen molar-refractivity contribution in [1.29, 1.82) is 0 Å². The van der Waals surface area contributed by atoms with Gasteiger partial charge in [-0.1, -0.05) is 0 Å². The molecule has 16 heavy (non-hydrogen) atoms. The number of nitrogens with zero attached hydrogens (tertiary/aromatic N) is 1. The molecule has 2 heterocycles. The van der Waals surface area contributed by atoms with Crippen LogP contribution in [0.15, 0.2) is 22.9 Å². The molecule has 2 rings (SSSR count). The average Bonchev–Trinajstić information content (AvgIpc) is 2.79. The van der Waals surface area contributed by atoms with Crippen LogP contribution in [0.25, 0.3) is 0 Å². The fraction of sp³-hybridized carbons (Fsp3) is 0.545. The zero-order chi connectivity index (χ0) is 11.4. The molecule has 1 aliphatic rings. The van der Waals surface area contributed by atoms with E-state index in [0.717, 1.165) is 10.9 Å². The molecule has 2 atom stereocenters. The summed E-state index contributed by atoms with van der Waals surface area (Å²) >= 11 is 5.46. The van der Waals surface area contributed by atoms with E-state index in [1.165, 1.54) is 23.5 Å². The number of halogens is 1. The van der Waals surface area contributed by atoms with Crippen LogP contribution >= 0.6 is 27.7 Å². The Morgan fingerprint density at radius 1 is 1.62 bits per heavy atom. The Kier molecular flexibility index (Phi) is 4.64. The van der Waals surface area contributed by atoms with Crippen LogP contribution in [0.2, 0.25) is 0 Å². The molecule has 1 aromatic rings. The van der Waals surface area contributed by atoms with E-state index in [-0.39, 0.29) is 0 Å². The van der Waals surface area contributed by atoms with Gasteiger partial charge in [0.25, 0.3) is 0 Å². The summed E-state index contributed by atoms with van der Waals surface area (Å²) in [5.41, 5.74) is 4.19. The highest BCUT2D eigenvalue weighted by atomic mass is 79.9. The normalized spacial score (nSPS) is 22.2. The number of hydrazine groups is 1. The number of pyridine rings is 1. The highest BCUT2D eigenvalue weighted by Gasteiger charge is 2.24. The summed E-state index contributed by atoms with van der Waals surface area (Å²) in [5.74, 6) is 8.82. The van der Waals surface area contributed by atoms with Crippen LogP contribution < -0.4 is 11.3 Å². The Morgan fingerprint density at radius 3 is 3.12 bits per heavy atom. The lowest BCUT2D eigenvalue weighted by Gasteiger charge is -2.21. The van der Waals surface area contributed by atoms with E-state index >= 15 is 0 Å². The van der Waals surface area contributed by atoms with Gasteiger partial charge in [-0.15, -0.1) is 0 Å². The predicted octanol–water partition coefficient (Wildman–Crippen LogP) is 1.97. The van der Waals surface area contributed by atoms with Crippen molar-refractivity contribution < 1.29 is 0 Å². The molecule has 3 nitrogen and oxygen atoms in total. The second-order valence-corrected chi connectivity index (χ2v) is 6.18. The van der Waals surface area contributed by atoms with Gasteiger partial charge in [-0.25, -0.2) is 0 Å². The van der Waals surface area contributed by atoms with Crippen LogP contribution in [-0.2, 0) is 6.42 Å². The van der Waals surface area contributed by atoms with E-state index in [1.54, 1.807) is 6.20 Å². The summed E-state index contributed by atoms with van der Waals surface area (Å²) in [6.07, 6.45) is 5.94. The topological polar surface area (TPSA) is 50.9 Å². The van der Waals surface area contributed by atoms with Crippen molar-refractivity contribution in [2.45, 2.75) is 18.9 Å². The highest BCUT2D eigenvalue weighted by Crippen LogP contribution is 2.27. The van der Waals surface area contributed by atoms with Gasteiger partial charge < -0.3 is 0 Å². The third-order valence-corrected chi connectivity index (χ3v) is 4.59. The lowest BCUT2D eigenvalue weighted by molar-refractivity contribution is 0.386. The number of thioether (sulfide) groups is 1. The van der Waals surface area contributed by atoms with Crippen molar-refractivity contribution in [2.75, 3.05) is 11.5 Å². The predicted molar refractivity (Wildman–Crippen MR) is 72.2 cm³/mol. The van der Waals surface area contributed by atoms with E-state index in [4.69, 9.17) is 5.84 Å². The molecule has 0 spiro atoms. The number of hydrogen-bond donors (Lipinski definition) is 2. The molecule has 0 amide bonds. The lowest BCUT2D eigenvalue weighted by Crippen LogP contribution is -2.42. The fourth-order valence-corrected chi connectivity index (χ4v) is 3.80. The van der Waals surface area contributed by atoms with Crippen LogP contribution in [0.3, 0.4) is 0 Å². The van der Waals surface area contributed by atoms with Crippen molar-refractivity contribution in [1.82, 2.24) is 10.4 Å². The zero-order valence-corrected chi connectivity index (χ0v) is 11.4. The summed E-state index contributed by atoms with van der Waals surface area (Å²) in [5, 5.41) is 0. The van der Waals surface area contributed by atoms with Crippen LogP contribution in [0.5, 0.6) is 0 Å². The van der Waals surface area contributed by atoms with Gasteiger partial charge >= 0.3 is 0 Å². The molecule has 1 fully saturated rings. The van der Waals surface area contributed by atoms with Gasteiger partial charge in [-0.3, -0.25) is 16.3 Å². The first-order valence-electron chi connectivity index (χ1n) is 5.43. The Labute approximate surface area is 109 Å². The first-order chi connectivity index (χ1) is 7.79. The zero-order valence-electron chi connectivity index (χ0n) is 9.03. The molecule has 88 valence electrons. The van der Waals surface area contributed by atoms with Crippen LogP contribution in [-0.4, -0.2) is 22.5 Å². The number of hydrogen-bond acceptors (Lipinski definition) is 4. The van der Waals surface area contributed by atoms with Gasteiger partial charge in [0.05, 0.1) is 0 Å². The first-order valence-corrected chi connectivity index (χ1v) is 7.37. The Balaban J connectivity index is 2.00. The summed E-state index contributed by atoms with van der Waals surface area (Å²) in [6.45, 7) is 0. The van der Waals surface area contributed by atoms with E-state index in [1.807, 2.05) is 18.0 Å². The van der Waals surface area contributed by atoms with Crippen LogP contribution in [0.4, 0.5) is 0 Å². The maximum absolute atomic E-state index is 5.65. The summed E-state index contributed by atoms with van der Waals surface area (Å²) in [7, 11) is 0. The molecule has 0 radical (unpaired) electrons.